The first-order valence-corrected chi connectivity index (χ1v) is 7.06. The molecule has 0 saturated carbocycles. The molecule has 102 valence electrons. The Balaban J connectivity index is 2.13. The van der Waals surface area contributed by atoms with E-state index in [1.54, 1.807) is 19.1 Å². The zero-order valence-electron chi connectivity index (χ0n) is 11.4. The number of carbonyl (C=O) groups is 1. The van der Waals surface area contributed by atoms with E-state index in [4.69, 9.17) is 8.83 Å². The van der Waals surface area contributed by atoms with Crippen molar-refractivity contribution in [1.29, 1.82) is 0 Å². The fourth-order valence-corrected chi connectivity index (χ4v) is 2.97. The van der Waals surface area contributed by atoms with Gasteiger partial charge in [-0.3, -0.25) is 4.79 Å². The average molecular weight is 333 g/mol. The van der Waals surface area contributed by atoms with Crippen LogP contribution >= 0.6 is 15.9 Å². The van der Waals surface area contributed by atoms with Gasteiger partial charge in [0.05, 0.1) is 5.56 Å². The van der Waals surface area contributed by atoms with E-state index in [1.807, 2.05) is 26.0 Å². The highest BCUT2D eigenvalue weighted by Gasteiger charge is 2.20. The monoisotopic (exact) mass is 332 g/mol. The van der Waals surface area contributed by atoms with Crippen LogP contribution in [0.5, 0.6) is 0 Å². The van der Waals surface area contributed by atoms with Gasteiger partial charge in [0, 0.05) is 9.86 Å². The molecular weight excluding hydrogens is 320 g/mol. The van der Waals surface area contributed by atoms with Crippen molar-refractivity contribution in [2.24, 2.45) is 0 Å². The third-order valence-electron chi connectivity index (χ3n) is 3.28. The molecule has 0 aliphatic rings. The van der Waals surface area contributed by atoms with Crippen molar-refractivity contribution in [2.45, 2.75) is 20.8 Å². The van der Waals surface area contributed by atoms with Crippen molar-refractivity contribution in [3.63, 3.8) is 0 Å². The maximum absolute atomic E-state index is 12.5. The lowest BCUT2D eigenvalue weighted by molar-refractivity contribution is 0.101. The predicted octanol–water partition coefficient (Wildman–Crippen LogP) is 4.94. The van der Waals surface area contributed by atoms with Crippen LogP contribution < -0.4 is 0 Å². The Labute approximate surface area is 124 Å². The van der Waals surface area contributed by atoms with Crippen LogP contribution in [0.3, 0.4) is 0 Å². The van der Waals surface area contributed by atoms with E-state index >= 15 is 0 Å². The summed E-state index contributed by atoms with van der Waals surface area (Å²) in [6.45, 7) is 5.56. The molecule has 3 rings (SSSR count). The minimum atomic E-state index is -0.147. The van der Waals surface area contributed by atoms with Gasteiger partial charge in [0.25, 0.3) is 0 Å². The largest absolute Gasteiger partial charge is 0.466 e. The van der Waals surface area contributed by atoms with Crippen molar-refractivity contribution in [3.05, 3.63) is 57.1 Å². The summed E-state index contributed by atoms with van der Waals surface area (Å²) in [6.07, 6.45) is 0. The summed E-state index contributed by atoms with van der Waals surface area (Å²) >= 11 is 3.45. The Hall–Kier alpha value is -1.81. The van der Waals surface area contributed by atoms with E-state index in [0.717, 1.165) is 26.8 Å². The van der Waals surface area contributed by atoms with E-state index in [-0.39, 0.29) is 5.78 Å². The van der Waals surface area contributed by atoms with Crippen LogP contribution in [-0.4, -0.2) is 5.78 Å². The molecule has 1 aromatic carbocycles. The van der Waals surface area contributed by atoms with E-state index in [2.05, 4.69) is 15.9 Å². The Bertz CT molecular complexity index is 824. The molecule has 0 aliphatic heterocycles. The number of carbonyl (C=O) groups excluding carboxylic acids is 1. The molecule has 2 aromatic heterocycles. The number of hydrogen-bond donors (Lipinski definition) is 0. The zero-order valence-corrected chi connectivity index (χ0v) is 13.0. The lowest BCUT2D eigenvalue weighted by Crippen LogP contribution is -1.99. The van der Waals surface area contributed by atoms with E-state index in [9.17, 15) is 4.79 Å². The van der Waals surface area contributed by atoms with Crippen molar-refractivity contribution < 1.29 is 13.6 Å². The molecule has 3 aromatic rings. The Morgan fingerprint density at radius 3 is 2.45 bits per heavy atom. The van der Waals surface area contributed by atoms with Gasteiger partial charge in [-0.25, -0.2) is 0 Å². The smallest absolute Gasteiger partial charge is 0.231 e. The number of fused-ring (bicyclic) bond motifs is 1. The normalized spacial score (nSPS) is 11.2. The standard InChI is InChI=1S/C16H13BrO3/c1-8-4-12(17)6-11-7-14(20-16(8)11)15(18)13-5-9(2)19-10(13)3/h4-7H,1-3H3. The number of aryl methyl sites for hydroxylation is 3. The van der Waals surface area contributed by atoms with Crippen LogP contribution in [0.25, 0.3) is 11.0 Å². The molecule has 0 N–H and O–H groups in total. The molecule has 0 radical (unpaired) electrons. The molecule has 4 heteroatoms. The van der Waals surface area contributed by atoms with E-state index in [0.29, 0.717) is 17.1 Å². The Kier molecular flexibility index (Phi) is 3.05. The second kappa shape index (κ2) is 4.63. The molecule has 0 bridgehead atoms. The zero-order chi connectivity index (χ0) is 14.4. The summed E-state index contributed by atoms with van der Waals surface area (Å²) in [5.41, 5.74) is 2.29. The van der Waals surface area contributed by atoms with Gasteiger partial charge in [-0.2, -0.15) is 0 Å². The highest BCUT2D eigenvalue weighted by Crippen LogP contribution is 2.29. The first-order chi connectivity index (χ1) is 9.45. The van der Waals surface area contributed by atoms with Crippen LogP contribution in [0, 0.1) is 20.8 Å². The van der Waals surface area contributed by atoms with Crippen LogP contribution in [0.15, 0.2) is 37.6 Å². The molecule has 0 unspecified atom stereocenters. The van der Waals surface area contributed by atoms with Gasteiger partial charge in [0.2, 0.25) is 5.78 Å². The van der Waals surface area contributed by atoms with Gasteiger partial charge >= 0.3 is 0 Å². The van der Waals surface area contributed by atoms with E-state index in [1.165, 1.54) is 0 Å². The fourth-order valence-electron chi connectivity index (χ4n) is 2.38. The van der Waals surface area contributed by atoms with Gasteiger partial charge in [-0.1, -0.05) is 15.9 Å². The number of benzene rings is 1. The number of ketones is 1. The minimum absolute atomic E-state index is 0.147. The number of hydrogen-bond acceptors (Lipinski definition) is 3. The van der Waals surface area contributed by atoms with Crippen LogP contribution in [0.4, 0.5) is 0 Å². The molecule has 0 spiro atoms. The molecule has 0 atom stereocenters. The maximum atomic E-state index is 12.5. The summed E-state index contributed by atoms with van der Waals surface area (Å²) < 4.78 is 12.1. The number of furan rings is 2. The molecule has 20 heavy (non-hydrogen) atoms. The second-order valence-electron chi connectivity index (χ2n) is 4.91. The molecular formula is C16H13BrO3. The third kappa shape index (κ3) is 2.10. The number of rotatable bonds is 2. The molecule has 0 amide bonds. The molecule has 0 fully saturated rings. The highest BCUT2D eigenvalue weighted by molar-refractivity contribution is 9.10. The van der Waals surface area contributed by atoms with Crippen molar-refractivity contribution in [3.8, 4) is 0 Å². The van der Waals surface area contributed by atoms with Gasteiger partial charge in [0.1, 0.15) is 17.1 Å². The molecule has 0 aliphatic carbocycles. The molecule has 0 saturated heterocycles. The van der Waals surface area contributed by atoms with Gasteiger partial charge in [-0.05, 0) is 50.6 Å². The summed E-state index contributed by atoms with van der Waals surface area (Å²) in [5, 5.41) is 0.915. The average Bonchev–Trinajstić information content (AvgIpc) is 2.92. The van der Waals surface area contributed by atoms with Crippen molar-refractivity contribution in [2.75, 3.05) is 0 Å². The van der Waals surface area contributed by atoms with Gasteiger partial charge in [0.15, 0.2) is 5.76 Å². The number of halogens is 1. The second-order valence-corrected chi connectivity index (χ2v) is 5.82. The third-order valence-corrected chi connectivity index (χ3v) is 3.73. The quantitative estimate of drug-likeness (QED) is 0.624. The van der Waals surface area contributed by atoms with E-state index < -0.39 is 0 Å². The highest BCUT2D eigenvalue weighted by atomic mass is 79.9. The fraction of sp³-hybridized carbons (Fsp3) is 0.188. The Morgan fingerprint density at radius 1 is 1.05 bits per heavy atom. The van der Waals surface area contributed by atoms with Crippen LogP contribution in [0.1, 0.15) is 33.2 Å². The van der Waals surface area contributed by atoms with Crippen molar-refractivity contribution in [1.82, 2.24) is 0 Å². The summed E-state index contributed by atoms with van der Waals surface area (Å²) in [7, 11) is 0. The maximum Gasteiger partial charge on any atom is 0.231 e. The lowest BCUT2D eigenvalue weighted by Gasteiger charge is -1.96. The Morgan fingerprint density at radius 2 is 1.80 bits per heavy atom. The first-order valence-electron chi connectivity index (χ1n) is 6.27. The SMILES string of the molecule is Cc1cc(C(=O)c2cc3cc(Br)cc(C)c3o2)c(C)o1. The van der Waals surface area contributed by atoms with Crippen LogP contribution in [-0.2, 0) is 0 Å². The minimum Gasteiger partial charge on any atom is -0.466 e. The molecule has 3 nitrogen and oxygen atoms in total. The van der Waals surface area contributed by atoms with Gasteiger partial charge in [-0.15, -0.1) is 0 Å². The van der Waals surface area contributed by atoms with Crippen LogP contribution in [0.2, 0.25) is 0 Å². The van der Waals surface area contributed by atoms with Gasteiger partial charge < -0.3 is 8.83 Å². The summed E-state index contributed by atoms with van der Waals surface area (Å²) in [4.78, 5) is 12.5. The molecule has 2 heterocycles. The summed E-state index contributed by atoms with van der Waals surface area (Å²) in [5.74, 6) is 1.53. The van der Waals surface area contributed by atoms with Crippen molar-refractivity contribution >= 4 is 32.7 Å². The first kappa shape index (κ1) is 13.2. The topological polar surface area (TPSA) is 43.4 Å². The summed E-state index contributed by atoms with van der Waals surface area (Å²) in [6, 6.07) is 7.42. The predicted molar refractivity (Wildman–Crippen MR) is 80.3 cm³/mol. The lowest BCUT2D eigenvalue weighted by atomic mass is 10.1.